The summed E-state index contributed by atoms with van der Waals surface area (Å²) in [5, 5.41) is 12.5. The average molecular weight is 454 g/mol. The van der Waals surface area contributed by atoms with Crippen molar-refractivity contribution in [3.63, 3.8) is 0 Å². The molecule has 0 saturated carbocycles. The molecule has 3 rings (SSSR count). The predicted molar refractivity (Wildman–Crippen MR) is 119 cm³/mol. The van der Waals surface area contributed by atoms with Gasteiger partial charge in [-0.1, -0.05) is 41.9 Å². The van der Waals surface area contributed by atoms with E-state index in [1.54, 1.807) is 24.3 Å². The third-order valence-electron chi connectivity index (χ3n) is 5.27. The molecule has 1 fully saturated rings. The van der Waals surface area contributed by atoms with Crippen LogP contribution in [0.15, 0.2) is 54.6 Å². The number of benzene rings is 2. The molecule has 0 unspecified atom stereocenters. The van der Waals surface area contributed by atoms with Crippen molar-refractivity contribution < 1.29 is 19.1 Å². The van der Waals surface area contributed by atoms with Gasteiger partial charge in [-0.2, -0.15) is 5.26 Å². The molecule has 7 nitrogen and oxygen atoms in total. The first kappa shape index (κ1) is 23.3. The summed E-state index contributed by atoms with van der Waals surface area (Å²) in [6.45, 7) is 0.584. The number of carbonyl (C=O) groups is 3. The highest BCUT2D eigenvalue weighted by Crippen LogP contribution is 2.19. The zero-order chi connectivity index (χ0) is 22.9. The molecule has 0 spiro atoms. The molecule has 166 valence electrons. The second-order valence-electron chi connectivity index (χ2n) is 7.54. The van der Waals surface area contributed by atoms with Gasteiger partial charge in [0.2, 0.25) is 5.91 Å². The van der Waals surface area contributed by atoms with Gasteiger partial charge in [-0.25, -0.2) is 0 Å². The van der Waals surface area contributed by atoms with Crippen molar-refractivity contribution in [2.75, 3.05) is 6.54 Å². The number of hydrogen-bond donors (Lipinski definition) is 1. The Morgan fingerprint density at radius 1 is 1.16 bits per heavy atom. The second kappa shape index (κ2) is 11.3. The number of ether oxygens (including phenoxy) is 1. The van der Waals surface area contributed by atoms with Gasteiger partial charge in [0.25, 0.3) is 5.91 Å². The second-order valence-corrected chi connectivity index (χ2v) is 7.97. The molecule has 1 heterocycles. The van der Waals surface area contributed by atoms with Gasteiger partial charge < -0.3 is 15.0 Å². The fourth-order valence-corrected chi connectivity index (χ4v) is 3.66. The molecule has 1 N–H and O–H groups in total. The molecule has 8 heteroatoms. The first-order valence-corrected chi connectivity index (χ1v) is 10.8. The molecule has 0 radical (unpaired) electrons. The van der Waals surface area contributed by atoms with Crippen LogP contribution in [-0.4, -0.2) is 41.3 Å². The van der Waals surface area contributed by atoms with E-state index in [0.717, 1.165) is 12.0 Å². The van der Waals surface area contributed by atoms with Crippen molar-refractivity contribution in [1.29, 1.82) is 5.26 Å². The number of amides is 2. The smallest absolute Gasteiger partial charge is 0.306 e. The Labute approximate surface area is 191 Å². The minimum absolute atomic E-state index is 0.0464. The van der Waals surface area contributed by atoms with E-state index in [0.29, 0.717) is 23.6 Å². The standard InChI is InChI=1S/C24H24ClN3O4/c25-19-10-8-18(9-11-19)23(30)27-21(24(31)28-14-4-7-20(28)15-26)12-13-22(29)32-16-17-5-2-1-3-6-17/h1-3,5-6,8-11,20-21H,4,7,12-14,16H2,(H,27,30)/t20-,21-/m0/s1. The number of nitrogens with one attached hydrogen (secondary N) is 1. The van der Waals surface area contributed by atoms with E-state index >= 15 is 0 Å². The van der Waals surface area contributed by atoms with Gasteiger partial charge in [0.1, 0.15) is 18.7 Å². The number of rotatable bonds is 8. The van der Waals surface area contributed by atoms with Crippen LogP contribution in [0.1, 0.15) is 41.6 Å². The lowest BCUT2D eigenvalue weighted by Gasteiger charge is -2.26. The van der Waals surface area contributed by atoms with E-state index in [-0.39, 0.29) is 25.4 Å². The molecule has 0 bridgehead atoms. The van der Waals surface area contributed by atoms with Crippen LogP contribution in [0.5, 0.6) is 0 Å². The zero-order valence-corrected chi connectivity index (χ0v) is 18.3. The first-order chi connectivity index (χ1) is 15.5. The van der Waals surface area contributed by atoms with Crippen molar-refractivity contribution in [2.24, 2.45) is 0 Å². The van der Waals surface area contributed by atoms with E-state index < -0.39 is 24.0 Å². The predicted octanol–water partition coefficient (Wildman–Crippen LogP) is 3.48. The van der Waals surface area contributed by atoms with Gasteiger partial charge in [0.15, 0.2) is 0 Å². The monoisotopic (exact) mass is 453 g/mol. The summed E-state index contributed by atoms with van der Waals surface area (Å²) in [4.78, 5) is 39.5. The number of halogens is 1. The summed E-state index contributed by atoms with van der Waals surface area (Å²) in [5.74, 6) is -1.29. The molecule has 1 aliphatic heterocycles. The van der Waals surface area contributed by atoms with Gasteiger partial charge in [0.05, 0.1) is 6.07 Å². The van der Waals surface area contributed by atoms with Crippen molar-refractivity contribution in [1.82, 2.24) is 10.2 Å². The molecule has 2 atom stereocenters. The van der Waals surface area contributed by atoms with Gasteiger partial charge >= 0.3 is 5.97 Å². The fraction of sp³-hybridized carbons (Fsp3) is 0.333. The third-order valence-corrected chi connectivity index (χ3v) is 5.53. The summed E-state index contributed by atoms with van der Waals surface area (Å²) in [7, 11) is 0. The van der Waals surface area contributed by atoms with E-state index in [9.17, 15) is 19.6 Å². The first-order valence-electron chi connectivity index (χ1n) is 10.4. The van der Waals surface area contributed by atoms with Crippen LogP contribution >= 0.6 is 11.6 Å². The molecular formula is C24H24ClN3O4. The largest absolute Gasteiger partial charge is 0.461 e. The average Bonchev–Trinajstić information content (AvgIpc) is 3.30. The Bertz CT molecular complexity index is 989. The normalized spacial score (nSPS) is 16.1. The highest BCUT2D eigenvalue weighted by atomic mass is 35.5. The number of hydrogen-bond acceptors (Lipinski definition) is 5. The van der Waals surface area contributed by atoms with Crippen LogP contribution < -0.4 is 5.32 Å². The quantitative estimate of drug-likeness (QED) is 0.617. The summed E-state index contributed by atoms with van der Waals surface area (Å²) in [6.07, 6.45) is 1.34. The molecule has 2 amide bonds. The van der Waals surface area contributed by atoms with E-state index in [2.05, 4.69) is 11.4 Å². The van der Waals surface area contributed by atoms with E-state index in [4.69, 9.17) is 16.3 Å². The van der Waals surface area contributed by atoms with Crippen LogP contribution in [-0.2, 0) is 20.9 Å². The summed E-state index contributed by atoms with van der Waals surface area (Å²) in [6, 6.07) is 16.2. The Balaban J connectivity index is 1.64. The van der Waals surface area contributed by atoms with E-state index in [1.807, 2.05) is 30.3 Å². The van der Waals surface area contributed by atoms with Gasteiger partial charge in [0, 0.05) is 23.6 Å². The lowest BCUT2D eigenvalue weighted by molar-refractivity contribution is -0.145. The van der Waals surface area contributed by atoms with Crippen LogP contribution in [0.25, 0.3) is 0 Å². The van der Waals surface area contributed by atoms with Gasteiger partial charge in [-0.15, -0.1) is 0 Å². The Morgan fingerprint density at radius 3 is 2.56 bits per heavy atom. The molecule has 1 saturated heterocycles. The Kier molecular flexibility index (Phi) is 8.23. The lowest BCUT2D eigenvalue weighted by atomic mass is 10.1. The van der Waals surface area contributed by atoms with Crippen molar-refractivity contribution in [3.8, 4) is 6.07 Å². The number of likely N-dealkylation sites (tertiary alicyclic amines) is 1. The number of esters is 1. The fourth-order valence-electron chi connectivity index (χ4n) is 3.54. The van der Waals surface area contributed by atoms with Gasteiger partial charge in [-0.3, -0.25) is 14.4 Å². The van der Waals surface area contributed by atoms with Crippen LogP contribution in [0, 0.1) is 11.3 Å². The van der Waals surface area contributed by atoms with Crippen LogP contribution in [0.4, 0.5) is 0 Å². The summed E-state index contributed by atoms with van der Waals surface area (Å²) in [5.41, 5.74) is 1.20. The molecule has 2 aromatic carbocycles. The topological polar surface area (TPSA) is 99.5 Å². The van der Waals surface area contributed by atoms with Crippen molar-refractivity contribution in [2.45, 2.75) is 44.4 Å². The van der Waals surface area contributed by atoms with Crippen LogP contribution in [0.3, 0.4) is 0 Å². The number of nitriles is 1. The molecular weight excluding hydrogens is 430 g/mol. The number of carbonyl (C=O) groups excluding carboxylic acids is 3. The van der Waals surface area contributed by atoms with E-state index in [1.165, 1.54) is 4.90 Å². The minimum atomic E-state index is -0.948. The molecule has 0 aromatic heterocycles. The van der Waals surface area contributed by atoms with Crippen LogP contribution in [0.2, 0.25) is 5.02 Å². The van der Waals surface area contributed by atoms with Crippen molar-refractivity contribution >= 4 is 29.4 Å². The minimum Gasteiger partial charge on any atom is -0.461 e. The third kappa shape index (κ3) is 6.32. The maximum Gasteiger partial charge on any atom is 0.306 e. The Morgan fingerprint density at radius 2 is 1.88 bits per heavy atom. The van der Waals surface area contributed by atoms with Gasteiger partial charge in [-0.05, 0) is 49.1 Å². The lowest BCUT2D eigenvalue weighted by Crippen LogP contribution is -2.50. The maximum absolute atomic E-state index is 13.1. The highest BCUT2D eigenvalue weighted by Gasteiger charge is 2.34. The molecule has 32 heavy (non-hydrogen) atoms. The Hall–Kier alpha value is -3.37. The molecule has 1 aliphatic rings. The number of nitrogens with zero attached hydrogens (tertiary/aromatic N) is 2. The van der Waals surface area contributed by atoms with Crippen molar-refractivity contribution in [3.05, 3.63) is 70.7 Å². The molecule has 0 aliphatic carbocycles. The zero-order valence-electron chi connectivity index (χ0n) is 17.5. The SMILES string of the molecule is N#C[C@@H]1CCCN1C(=O)[C@H](CCC(=O)OCc1ccccc1)NC(=O)c1ccc(Cl)cc1. The molecule has 2 aromatic rings. The summed E-state index contributed by atoms with van der Waals surface area (Å²) >= 11 is 5.87. The highest BCUT2D eigenvalue weighted by molar-refractivity contribution is 6.30. The maximum atomic E-state index is 13.1. The summed E-state index contributed by atoms with van der Waals surface area (Å²) < 4.78 is 5.29.